The largest absolute Gasteiger partial charge is 0.478 e. The minimum Gasteiger partial charge on any atom is -0.478 e. The van der Waals surface area contributed by atoms with Crippen LogP contribution >= 0.6 is 11.6 Å². The van der Waals surface area contributed by atoms with Crippen molar-refractivity contribution in [3.8, 4) is 0 Å². The van der Waals surface area contributed by atoms with E-state index in [0.717, 1.165) is 16.4 Å². The average Bonchev–Trinajstić information content (AvgIpc) is 2.73. The van der Waals surface area contributed by atoms with E-state index in [-0.39, 0.29) is 6.54 Å². The molecule has 4 nitrogen and oxygen atoms in total. The van der Waals surface area contributed by atoms with E-state index in [1.54, 1.807) is 24.3 Å². The van der Waals surface area contributed by atoms with E-state index in [4.69, 9.17) is 16.7 Å². The van der Waals surface area contributed by atoms with Gasteiger partial charge in [0.1, 0.15) is 11.3 Å². The molecule has 0 unspecified atom stereocenters. The Kier molecular flexibility index (Phi) is 3.80. The Labute approximate surface area is 112 Å². The monoisotopic (exact) mass is 286 g/mol. The van der Waals surface area contributed by atoms with E-state index in [1.807, 2.05) is 0 Å². The van der Waals surface area contributed by atoms with Crippen LogP contribution in [0.1, 0.15) is 28.0 Å². The van der Waals surface area contributed by atoms with Gasteiger partial charge in [0.2, 0.25) is 0 Å². The number of benzene rings is 1. The summed E-state index contributed by atoms with van der Waals surface area (Å²) in [4.78, 5) is 10.8. The lowest BCUT2D eigenvalue weighted by Crippen LogP contribution is -2.01. The van der Waals surface area contributed by atoms with Gasteiger partial charge in [0.05, 0.1) is 6.54 Å². The summed E-state index contributed by atoms with van der Waals surface area (Å²) in [5.41, 5.74) is -0.473. The van der Waals surface area contributed by atoms with Gasteiger partial charge in [-0.2, -0.15) is 5.10 Å². The predicted octanol–water partition coefficient (Wildman–Crippen LogP) is 3.22. The molecular weight excluding hydrogens is 278 g/mol. The lowest BCUT2D eigenvalue weighted by molar-refractivity contribution is 0.0684. The van der Waals surface area contributed by atoms with Crippen LogP contribution in [0.25, 0.3) is 0 Å². The van der Waals surface area contributed by atoms with Crippen molar-refractivity contribution in [1.82, 2.24) is 9.78 Å². The fourth-order valence-corrected chi connectivity index (χ4v) is 1.88. The van der Waals surface area contributed by atoms with E-state index in [2.05, 4.69) is 5.10 Å². The third kappa shape index (κ3) is 3.08. The maximum atomic E-state index is 12.6. The Balaban J connectivity index is 2.31. The number of aromatic nitrogens is 2. The zero-order valence-corrected chi connectivity index (χ0v) is 10.3. The van der Waals surface area contributed by atoms with E-state index in [1.165, 1.54) is 0 Å². The maximum Gasteiger partial charge on any atom is 0.339 e. The second kappa shape index (κ2) is 5.36. The Morgan fingerprint density at radius 1 is 1.47 bits per heavy atom. The minimum atomic E-state index is -2.92. The third-order valence-corrected chi connectivity index (χ3v) is 2.70. The van der Waals surface area contributed by atoms with Gasteiger partial charge in [0.25, 0.3) is 6.43 Å². The summed E-state index contributed by atoms with van der Waals surface area (Å²) < 4.78 is 26.5. The van der Waals surface area contributed by atoms with Gasteiger partial charge in [0.15, 0.2) is 0 Å². The SMILES string of the molecule is O=C(O)c1cn(Cc2cccc(Cl)c2)nc1C(F)F. The smallest absolute Gasteiger partial charge is 0.339 e. The molecule has 19 heavy (non-hydrogen) atoms. The van der Waals surface area contributed by atoms with Crippen molar-refractivity contribution in [1.29, 1.82) is 0 Å². The molecule has 1 N–H and O–H groups in total. The number of carboxylic acids is 1. The highest BCUT2D eigenvalue weighted by Gasteiger charge is 2.22. The molecule has 0 aliphatic heterocycles. The zero-order chi connectivity index (χ0) is 14.0. The molecule has 0 aliphatic rings. The van der Waals surface area contributed by atoms with E-state index < -0.39 is 23.7 Å². The molecule has 7 heteroatoms. The maximum absolute atomic E-state index is 12.6. The molecule has 2 rings (SSSR count). The molecule has 0 fully saturated rings. The van der Waals surface area contributed by atoms with Crippen LogP contribution in [-0.4, -0.2) is 20.9 Å². The molecule has 0 aliphatic carbocycles. The fourth-order valence-electron chi connectivity index (χ4n) is 1.67. The topological polar surface area (TPSA) is 55.1 Å². The summed E-state index contributed by atoms with van der Waals surface area (Å²) in [7, 11) is 0. The van der Waals surface area contributed by atoms with E-state index in [9.17, 15) is 13.6 Å². The van der Waals surface area contributed by atoms with Crippen LogP contribution < -0.4 is 0 Å². The Hall–Kier alpha value is -1.95. The van der Waals surface area contributed by atoms with Crippen molar-refractivity contribution in [2.75, 3.05) is 0 Å². The summed E-state index contributed by atoms with van der Waals surface area (Å²) in [6.07, 6.45) is -1.84. The van der Waals surface area contributed by atoms with Crippen molar-refractivity contribution in [2.24, 2.45) is 0 Å². The van der Waals surface area contributed by atoms with Crippen LogP contribution in [-0.2, 0) is 6.54 Å². The van der Waals surface area contributed by atoms with E-state index >= 15 is 0 Å². The highest BCUT2D eigenvalue weighted by atomic mass is 35.5. The van der Waals surface area contributed by atoms with Gasteiger partial charge < -0.3 is 5.11 Å². The first-order valence-corrected chi connectivity index (χ1v) is 5.68. The number of hydrogen-bond donors (Lipinski definition) is 1. The van der Waals surface area contributed by atoms with Crippen molar-refractivity contribution >= 4 is 17.6 Å². The summed E-state index contributed by atoms with van der Waals surface area (Å²) in [5, 5.41) is 12.9. The van der Waals surface area contributed by atoms with Crippen molar-refractivity contribution in [3.05, 3.63) is 52.3 Å². The van der Waals surface area contributed by atoms with Gasteiger partial charge in [-0.25, -0.2) is 13.6 Å². The first-order chi connectivity index (χ1) is 8.97. The van der Waals surface area contributed by atoms with Crippen LogP contribution in [0.15, 0.2) is 30.5 Å². The molecule has 0 saturated carbocycles. The van der Waals surface area contributed by atoms with Crippen molar-refractivity contribution < 1.29 is 18.7 Å². The van der Waals surface area contributed by atoms with Gasteiger partial charge in [-0.15, -0.1) is 0 Å². The van der Waals surface area contributed by atoms with Gasteiger partial charge in [-0.05, 0) is 17.7 Å². The summed E-state index contributed by atoms with van der Waals surface area (Å²) in [6.45, 7) is 0.174. The van der Waals surface area contributed by atoms with Crippen LogP contribution in [0.4, 0.5) is 8.78 Å². The van der Waals surface area contributed by atoms with Crippen LogP contribution in [0.5, 0.6) is 0 Å². The highest BCUT2D eigenvalue weighted by Crippen LogP contribution is 2.22. The Morgan fingerprint density at radius 3 is 2.74 bits per heavy atom. The summed E-state index contributed by atoms with van der Waals surface area (Å²) >= 11 is 5.80. The average molecular weight is 287 g/mol. The normalized spacial score (nSPS) is 10.9. The molecule has 0 saturated heterocycles. The second-order valence-electron chi connectivity index (χ2n) is 3.86. The van der Waals surface area contributed by atoms with Crippen LogP contribution in [0.3, 0.4) is 0 Å². The standard InChI is InChI=1S/C12H9ClF2N2O2/c13-8-3-1-2-7(4-8)5-17-6-9(12(18)19)10(16-17)11(14)15/h1-4,6,11H,5H2,(H,18,19). The number of nitrogens with zero attached hydrogens (tertiary/aromatic N) is 2. The molecule has 1 aromatic carbocycles. The van der Waals surface area contributed by atoms with Crippen LogP contribution in [0.2, 0.25) is 5.02 Å². The van der Waals surface area contributed by atoms with Gasteiger partial charge in [-0.3, -0.25) is 4.68 Å². The number of carbonyl (C=O) groups is 1. The number of rotatable bonds is 4. The summed E-state index contributed by atoms with van der Waals surface area (Å²) in [6, 6.07) is 6.80. The predicted molar refractivity (Wildman–Crippen MR) is 64.7 cm³/mol. The first-order valence-electron chi connectivity index (χ1n) is 5.30. The molecule has 0 bridgehead atoms. The fraction of sp³-hybridized carbons (Fsp3) is 0.167. The highest BCUT2D eigenvalue weighted by molar-refractivity contribution is 6.30. The Bertz CT molecular complexity index is 614. The second-order valence-corrected chi connectivity index (χ2v) is 4.30. The van der Waals surface area contributed by atoms with Crippen molar-refractivity contribution in [3.63, 3.8) is 0 Å². The number of aromatic carboxylic acids is 1. The first kappa shape index (κ1) is 13.5. The number of hydrogen-bond acceptors (Lipinski definition) is 2. The number of carboxylic acid groups (broad SMARTS) is 1. The van der Waals surface area contributed by atoms with E-state index in [0.29, 0.717) is 5.02 Å². The molecular formula is C12H9ClF2N2O2. The van der Waals surface area contributed by atoms with Gasteiger partial charge >= 0.3 is 5.97 Å². The van der Waals surface area contributed by atoms with Gasteiger partial charge in [0, 0.05) is 11.2 Å². The molecule has 0 atom stereocenters. The number of halogens is 3. The molecule has 1 aromatic heterocycles. The molecule has 0 amide bonds. The van der Waals surface area contributed by atoms with Crippen LogP contribution in [0, 0.1) is 0 Å². The lowest BCUT2D eigenvalue weighted by Gasteiger charge is -2.02. The minimum absolute atomic E-state index is 0.174. The molecule has 1 heterocycles. The third-order valence-electron chi connectivity index (χ3n) is 2.46. The summed E-state index contributed by atoms with van der Waals surface area (Å²) in [5.74, 6) is -1.42. The molecule has 2 aromatic rings. The Morgan fingerprint density at radius 2 is 2.21 bits per heavy atom. The molecule has 0 radical (unpaired) electrons. The lowest BCUT2D eigenvalue weighted by atomic mass is 10.2. The van der Waals surface area contributed by atoms with Gasteiger partial charge in [-0.1, -0.05) is 23.7 Å². The molecule has 0 spiro atoms. The molecule has 100 valence electrons. The van der Waals surface area contributed by atoms with Crippen molar-refractivity contribution in [2.45, 2.75) is 13.0 Å². The quantitative estimate of drug-likeness (QED) is 0.939. The zero-order valence-electron chi connectivity index (χ0n) is 9.55. The number of alkyl halides is 2.